The van der Waals surface area contributed by atoms with E-state index in [1.165, 1.54) is 0 Å². The van der Waals surface area contributed by atoms with Gasteiger partial charge in [-0.15, -0.1) is 0 Å². The van der Waals surface area contributed by atoms with Crippen molar-refractivity contribution in [1.29, 1.82) is 0 Å². The molecule has 0 saturated carbocycles. The monoisotopic (exact) mass is 674 g/mol. The average Bonchev–Trinajstić information content (AvgIpc) is 2.67. The Morgan fingerprint density at radius 3 is 1.14 bits per heavy atom. The molecule has 9 atom stereocenters. The van der Waals surface area contributed by atoms with Crippen LogP contribution in [0.5, 0.6) is 0 Å². The van der Waals surface area contributed by atoms with E-state index >= 15 is 0 Å². The highest BCUT2D eigenvalue weighted by atomic mass is 31.1. The predicted molar refractivity (Wildman–Crippen MR) is 117 cm³/mol. The van der Waals surface area contributed by atoms with Gasteiger partial charge in [0.05, 0.1) is 0 Å². The van der Waals surface area contributed by atoms with Crippen LogP contribution in [0.25, 0.3) is 0 Å². The highest BCUT2D eigenvalue weighted by Gasteiger charge is 2.88. The molecule has 8 aliphatic rings. The molecule has 8 fully saturated rings. The van der Waals surface area contributed by atoms with Gasteiger partial charge in [-0.3, -0.25) is 0 Å². The van der Waals surface area contributed by atoms with Crippen molar-refractivity contribution in [3.8, 4) is 0 Å². The molecule has 242 valence electrons. The SMILES string of the molecule is C[C@]12CC3(C(F)(F)F)C[C@](C)(OC(C(F)(F)F)(O1)P3CCP1[C@]3(C(F)(F)F)C[C@@]4(C)O[C@](C)(C[C@]1(C(F)(F)F)O4)O3)O2. The molecule has 8 heterocycles. The Balaban J connectivity index is 1.49. The quantitative estimate of drug-likeness (QED) is 0.227. The lowest BCUT2D eigenvalue weighted by Crippen LogP contribution is -2.79. The van der Waals surface area contributed by atoms with Crippen LogP contribution in [0.4, 0.5) is 52.7 Å². The van der Waals surface area contributed by atoms with Crippen molar-refractivity contribution in [2.45, 2.75) is 123 Å². The van der Waals surface area contributed by atoms with Crippen molar-refractivity contribution in [3.05, 3.63) is 0 Å². The van der Waals surface area contributed by atoms with Crippen LogP contribution in [0.1, 0.15) is 53.4 Å². The molecule has 0 aliphatic carbocycles. The molecular formula is C22H24F12O6P2. The number of rotatable bonds is 3. The first-order valence-electron chi connectivity index (χ1n) is 12.6. The zero-order valence-electron chi connectivity index (χ0n) is 22.1. The summed E-state index contributed by atoms with van der Waals surface area (Å²) in [6.07, 6.45) is -29.7. The Morgan fingerprint density at radius 1 is 0.452 bits per heavy atom. The van der Waals surface area contributed by atoms with Crippen LogP contribution >= 0.6 is 15.8 Å². The fourth-order valence-electron chi connectivity index (χ4n) is 8.02. The van der Waals surface area contributed by atoms with Crippen molar-refractivity contribution < 1.29 is 81.1 Å². The summed E-state index contributed by atoms with van der Waals surface area (Å²) in [5.41, 5.74) is -3.97. The van der Waals surface area contributed by atoms with E-state index in [9.17, 15) is 52.7 Å². The summed E-state index contributed by atoms with van der Waals surface area (Å²) in [4.78, 5) is 0. The van der Waals surface area contributed by atoms with Gasteiger partial charge in [0.1, 0.15) is 5.16 Å². The summed E-state index contributed by atoms with van der Waals surface area (Å²) in [7, 11) is -7.47. The molecule has 0 spiro atoms. The molecule has 0 radical (unpaired) electrons. The van der Waals surface area contributed by atoms with Gasteiger partial charge in [-0.25, -0.2) is 0 Å². The molecule has 0 aromatic heterocycles. The summed E-state index contributed by atoms with van der Waals surface area (Å²) in [6, 6.07) is 0. The molecule has 0 aromatic rings. The van der Waals surface area contributed by atoms with Gasteiger partial charge in [0.2, 0.25) is 0 Å². The largest absolute Gasteiger partial charge is 0.447 e. The van der Waals surface area contributed by atoms with Crippen LogP contribution in [-0.4, -0.2) is 81.5 Å². The molecule has 42 heavy (non-hydrogen) atoms. The number of ether oxygens (including phenoxy) is 6. The maximum Gasteiger partial charge on any atom is 0.447 e. The molecule has 8 rings (SSSR count). The van der Waals surface area contributed by atoms with Gasteiger partial charge >= 0.3 is 24.7 Å². The van der Waals surface area contributed by atoms with Crippen LogP contribution < -0.4 is 0 Å². The summed E-state index contributed by atoms with van der Waals surface area (Å²) in [5, 5.41) is -10.4. The van der Waals surface area contributed by atoms with Gasteiger partial charge in [-0.1, -0.05) is 0 Å². The van der Waals surface area contributed by atoms with Gasteiger partial charge in [0.15, 0.2) is 33.8 Å². The Labute approximate surface area is 232 Å². The van der Waals surface area contributed by atoms with Crippen LogP contribution in [0.3, 0.4) is 0 Å². The number of hydrogen-bond donors (Lipinski definition) is 0. The molecule has 20 heteroatoms. The van der Waals surface area contributed by atoms with Crippen molar-refractivity contribution >= 4 is 15.8 Å². The Kier molecular flexibility index (Phi) is 6.05. The molecular weight excluding hydrogens is 650 g/mol. The third kappa shape index (κ3) is 3.84. The smallest absolute Gasteiger partial charge is 0.329 e. The lowest BCUT2D eigenvalue weighted by atomic mass is 9.86. The maximum atomic E-state index is 14.9. The summed E-state index contributed by atoms with van der Waals surface area (Å²) in [5.74, 6) is -9.79. The van der Waals surface area contributed by atoms with E-state index in [1.54, 1.807) is 0 Å². The number of alkyl halides is 12. The van der Waals surface area contributed by atoms with Crippen LogP contribution in [0, 0.1) is 0 Å². The zero-order valence-corrected chi connectivity index (χ0v) is 23.9. The molecule has 3 unspecified atom stereocenters. The molecule has 0 N–H and O–H groups in total. The van der Waals surface area contributed by atoms with Gasteiger partial charge < -0.3 is 28.4 Å². The minimum Gasteiger partial charge on any atom is -0.329 e. The second-order valence-corrected chi connectivity index (χ2v) is 17.8. The lowest BCUT2D eigenvalue weighted by Gasteiger charge is -2.71. The average molecular weight is 674 g/mol. The molecule has 8 aliphatic heterocycles. The topological polar surface area (TPSA) is 55.4 Å². The van der Waals surface area contributed by atoms with Gasteiger partial charge in [-0.05, 0) is 55.9 Å². The third-order valence-corrected chi connectivity index (χ3v) is 15.9. The van der Waals surface area contributed by atoms with Gasteiger partial charge in [0.25, 0.3) is 5.53 Å². The highest BCUT2D eigenvalue weighted by Crippen LogP contribution is 2.86. The standard InChI is InChI=1S/C22H24F12O6P2/c1-11-7-15(18(23,24)25)8-12(2,35-11)40-22(39-11,21(32,33)34)41(15)5-6-42-16(19(26,27)28)9-13(3)36-14(4,38-16)10-17(42,37-13)20(29,30)31/h5-10H2,1-4H3/t11-,12+,13-,14-,15?,16-,17-,22?,41?/m0/s1. The molecule has 6 nitrogen and oxygen atoms in total. The molecule has 8 saturated heterocycles. The van der Waals surface area contributed by atoms with E-state index in [-0.39, 0.29) is 0 Å². The van der Waals surface area contributed by atoms with Crippen LogP contribution in [0.15, 0.2) is 0 Å². The van der Waals surface area contributed by atoms with Gasteiger partial charge in [-0.2, -0.15) is 52.7 Å². The lowest BCUT2D eigenvalue weighted by molar-refractivity contribution is -0.546. The zero-order chi connectivity index (χ0) is 31.6. The summed E-state index contributed by atoms with van der Waals surface area (Å²) >= 11 is 0. The minimum atomic E-state index is -5.66. The van der Waals surface area contributed by atoms with Crippen molar-refractivity contribution in [3.63, 3.8) is 0 Å². The summed E-state index contributed by atoms with van der Waals surface area (Å²) < 4.78 is 209. The molecule has 0 aromatic carbocycles. The maximum absolute atomic E-state index is 14.9. The van der Waals surface area contributed by atoms with E-state index in [1.807, 2.05) is 0 Å². The van der Waals surface area contributed by atoms with Crippen LogP contribution in [0.2, 0.25) is 0 Å². The van der Waals surface area contributed by atoms with Crippen molar-refractivity contribution in [1.82, 2.24) is 0 Å². The minimum absolute atomic E-state index is 0.864. The Morgan fingerprint density at radius 2 is 0.810 bits per heavy atom. The number of halogens is 12. The first kappa shape index (κ1) is 31.7. The van der Waals surface area contributed by atoms with E-state index in [0.29, 0.717) is 0 Å². The summed E-state index contributed by atoms with van der Waals surface area (Å²) in [6.45, 7) is 3.46. The predicted octanol–water partition coefficient (Wildman–Crippen LogP) is 7.59. The van der Waals surface area contributed by atoms with E-state index < -0.39 is 123 Å². The van der Waals surface area contributed by atoms with Crippen molar-refractivity contribution in [2.24, 2.45) is 0 Å². The normalized spacial score (nSPS) is 53.7. The Bertz CT molecular complexity index is 984. The first-order valence-corrected chi connectivity index (χ1v) is 15.6. The van der Waals surface area contributed by atoms with E-state index in [2.05, 4.69) is 0 Å². The highest BCUT2D eigenvalue weighted by molar-refractivity contribution is 7.65. The van der Waals surface area contributed by atoms with Crippen LogP contribution in [-0.2, 0) is 28.4 Å². The van der Waals surface area contributed by atoms with E-state index in [4.69, 9.17) is 28.4 Å². The first-order chi connectivity index (χ1) is 18.5. The molecule has 0 amide bonds. The third-order valence-electron chi connectivity index (χ3n) is 8.75. The fraction of sp³-hybridized carbons (Fsp3) is 1.00. The second-order valence-electron chi connectivity index (χ2n) is 12.3. The fourth-order valence-corrected chi connectivity index (χ4v) is 16.6. The van der Waals surface area contributed by atoms with E-state index in [0.717, 1.165) is 27.7 Å². The second kappa shape index (κ2) is 8.01. The van der Waals surface area contributed by atoms with Crippen molar-refractivity contribution in [2.75, 3.05) is 12.3 Å². The van der Waals surface area contributed by atoms with Gasteiger partial charge in [0, 0.05) is 25.7 Å². The number of hydrogen-bond acceptors (Lipinski definition) is 6. The molecule has 8 bridgehead atoms. The Hall–Kier alpha value is -0.220.